The molecule has 0 aliphatic heterocycles. The average Bonchev–Trinajstić information content (AvgIpc) is 2.23. The van der Waals surface area contributed by atoms with Crippen LogP contribution in [-0.2, 0) is 4.79 Å². The molecular weight excluding hydrogens is 200 g/mol. The Labute approximate surface area is 97.0 Å². The zero-order valence-electron chi connectivity index (χ0n) is 10.2. The molecule has 1 atom stereocenters. The molecule has 3 N–H and O–H groups in total. The summed E-state index contributed by atoms with van der Waals surface area (Å²) in [6.45, 7) is 5.99. The molecule has 1 aromatic rings. The number of hydrogen-bond donors (Lipinski definition) is 2. The van der Waals surface area contributed by atoms with Gasteiger partial charge in [-0.05, 0) is 37.5 Å². The number of nitrogens with one attached hydrogen (secondary N) is 1. The predicted octanol–water partition coefficient (Wildman–Crippen LogP) is 2.37. The first kappa shape index (κ1) is 12.7. The van der Waals surface area contributed by atoms with E-state index < -0.39 is 6.04 Å². The third-order valence-corrected chi connectivity index (χ3v) is 2.59. The van der Waals surface area contributed by atoms with Crippen LogP contribution in [0.15, 0.2) is 18.2 Å². The molecule has 1 rings (SSSR count). The SMILES string of the molecule is CCC[C@H](N)C(=O)Nc1cc(C)ccc1C. The van der Waals surface area contributed by atoms with Crippen molar-refractivity contribution in [3.05, 3.63) is 29.3 Å². The maximum absolute atomic E-state index is 11.7. The summed E-state index contributed by atoms with van der Waals surface area (Å²) in [6.07, 6.45) is 1.64. The Bertz CT molecular complexity index is 374. The van der Waals surface area contributed by atoms with Gasteiger partial charge in [-0.1, -0.05) is 25.5 Å². The maximum Gasteiger partial charge on any atom is 0.241 e. The highest BCUT2D eigenvalue weighted by atomic mass is 16.2. The second-order valence-corrected chi connectivity index (χ2v) is 4.20. The lowest BCUT2D eigenvalue weighted by Crippen LogP contribution is -2.35. The second-order valence-electron chi connectivity index (χ2n) is 4.20. The zero-order valence-corrected chi connectivity index (χ0v) is 10.2. The van der Waals surface area contributed by atoms with Crippen molar-refractivity contribution < 1.29 is 4.79 Å². The Balaban J connectivity index is 2.72. The van der Waals surface area contributed by atoms with Crippen LogP contribution in [0.2, 0.25) is 0 Å². The molecule has 0 saturated heterocycles. The molecule has 0 saturated carbocycles. The highest BCUT2D eigenvalue weighted by Gasteiger charge is 2.13. The van der Waals surface area contributed by atoms with Gasteiger partial charge in [0.2, 0.25) is 5.91 Å². The number of aryl methyl sites for hydroxylation is 2. The van der Waals surface area contributed by atoms with E-state index in [1.807, 2.05) is 39.0 Å². The Morgan fingerprint density at radius 1 is 1.44 bits per heavy atom. The molecule has 16 heavy (non-hydrogen) atoms. The van der Waals surface area contributed by atoms with Crippen molar-refractivity contribution in [3.8, 4) is 0 Å². The standard InChI is InChI=1S/C13H20N2O/c1-4-5-11(14)13(16)15-12-8-9(2)6-7-10(12)3/h6-8,11H,4-5,14H2,1-3H3,(H,15,16)/t11-/m0/s1. The molecule has 1 aromatic carbocycles. The summed E-state index contributed by atoms with van der Waals surface area (Å²) in [5.41, 5.74) is 8.80. The van der Waals surface area contributed by atoms with Crippen LogP contribution in [-0.4, -0.2) is 11.9 Å². The van der Waals surface area contributed by atoms with Crippen LogP contribution in [0.5, 0.6) is 0 Å². The first-order chi connectivity index (χ1) is 7.54. The fraction of sp³-hybridized carbons (Fsp3) is 0.462. The third kappa shape index (κ3) is 3.35. The Morgan fingerprint density at radius 3 is 2.75 bits per heavy atom. The van der Waals surface area contributed by atoms with Crippen LogP contribution in [0, 0.1) is 13.8 Å². The summed E-state index contributed by atoms with van der Waals surface area (Å²) in [5, 5.41) is 2.87. The normalized spacial score (nSPS) is 12.2. The quantitative estimate of drug-likeness (QED) is 0.818. The molecule has 0 heterocycles. The molecule has 88 valence electrons. The van der Waals surface area contributed by atoms with Crippen LogP contribution in [0.4, 0.5) is 5.69 Å². The summed E-state index contributed by atoms with van der Waals surface area (Å²) in [7, 11) is 0. The molecule has 0 bridgehead atoms. The van der Waals surface area contributed by atoms with Crippen LogP contribution < -0.4 is 11.1 Å². The third-order valence-electron chi connectivity index (χ3n) is 2.59. The molecule has 0 unspecified atom stereocenters. The zero-order chi connectivity index (χ0) is 12.1. The number of amides is 1. The Kier molecular flexibility index (Phi) is 4.50. The molecule has 1 amide bonds. The van der Waals surface area contributed by atoms with Crippen molar-refractivity contribution in [2.45, 2.75) is 39.7 Å². The fourth-order valence-electron chi connectivity index (χ4n) is 1.54. The highest BCUT2D eigenvalue weighted by molar-refractivity contribution is 5.95. The number of nitrogens with two attached hydrogens (primary N) is 1. The molecule has 0 aliphatic rings. The van der Waals surface area contributed by atoms with Crippen LogP contribution in [0.1, 0.15) is 30.9 Å². The van der Waals surface area contributed by atoms with E-state index in [1.54, 1.807) is 0 Å². The summed E-state index contributed by atoms with van der Waals surface area (Å²) >= 11 is 0. The minimum atomic E-state index is -0.412. The monoisotopic (exact) mass is 220 g/mol. The van der Waals surface area contributed by atoms with Crippen molar-refractivity contribution >= 4 is 11.6 Å². The van der Waals surface area contributed by atoms with Gasteiger partial charge in [0.15, 0.2) is 0 Å². The Hall–Kier alpha value is -1.35. The van der Waals surface area contributed by atoms with E-state index in [2.05, 4.69) is 5.32 Å². The van der Waals surface area contributed by atoms with Crippen molar-refractivity contribution in [2.75, 3.05) is 5.32 Å². The second kappa shape index (κ2) is 5.66. The van der Waals surface area contributed by atoms with Crippen LogP contribution in [0.3, 0.4) is 0 Å². The van der Waals surface area contributed by atoms with Gasteiger partial charge < -0.3 is 11.1 Å². The van der Waals surface area contributed by atoms with Gasteiger partial charge >= 0.3 is 0 Å². The molecule has 0 aliphatic carbocycles. The highest BCUT2D eigenvalue weighted by Crippen LogP contribution is 2.16. The Morgan fingerprint density at radius 2 is 2.12 bits per heavy atom. The number of hydrogen-bond acceptors (Lipinski definition) is 2. The minimum Gasteiger partial charge on any atom is -0.324 e. The lowest BCUT2D eigenvalue weighted by atomic mass is 10.1. The van der Waals surface area contributed by atoms with Gasteiger partial charge in [-0.2, -0.15) is 0 Å². The van der Waals surface area contributed by atoms with Gasteiger partial charge in [-0.3, -0.25) is 4.79 Å². The molecule has 0 fully saturated rings. The number of carbonyl (C=O) groups excluding carboxylic acids is 1. The summed E-state index contributed by atoms with van der Waals surface area (Å²) in [5.74, 6) is -0.101. The van der Waals surface area contributed by atoms with E-state index in [0.29, 0.717) is 0 Å². The lowest BCUT2D eigenvalue weighted by molar-refractivity contribution is -0.117. The summed E-state index contributed by atoms with van der Waals surface area (Å²) in [4.78, 5) is 11.7. The fourth-order valence-corrected chi connectivity index (χ4v) is 1.54. The molecule has 0 aromatic heterocycles. The largest absolute Gasteiger partial charge is 0.324 e. The van der Waals surface area contributed by atoms with Crippen molar-refractivity contribution in [1.82, 2.24) is 0 Å². The summed E-state index contributed by atoms with van der Waals surface area (Å²) < 4.78 is 0. The summed E-state index contributed by atoms with van der Waals surface area (Å²) in [6, 6.07) is 5.57. The lowest BCUT2D eigenvalue weighted by Gasteiger charge is -2.13. The van der Waals surface area contributed by atoms with E-state index in [0.717, 1.165) is 29.7 Å². The van der Waals surface area contributed by atoms with Gasteiger partial charge in [-0.15, -0.1) is 0 Å². The molecule has 3 heteroatoms. The molecule has 0 radical (unpaired) electrons. The molecule has 0 spiro atoms. The number of anilines is 1. The topological polar surface area (TPSA) is 55.1 Å². The van der Waals surface area contributed by atoms with Gasteiger partial charge in [0.1, 0.15) is 0 Å². The van der Waals surface area contributed by atoms with Gasteiger partial charge in [0.05, 0.1) is 6.04 Å². The van der Waals surface area contributed by atoms with E-state index in [9.17, 15) is 4.79 Å². The minimum absolute atomic E-state index is 0.101. The first-order valence-electron chi connectivity index (χ1n) is 5.68. The van der Waals surface area contributed by atoms with Gasteiger partial charge in [0, 0.05) is 5.69 Å². The van der Waals surface area contributed by atoms with E-state index in [4.69, 9.17) is 5.73 Å². The van der Waals surface area contributed by atoms with Gasteiger partial charge in [-0.25, -0.2) is 0 Å². The van der Waals surface area contributed by atoms with Crippen LogP contribution >= 0.6 is 0 Å². The predicted molar refractivity (Wildman–Crippen MR) is 67.4 cm³/mol. The van der Waals surface area contributed by atoms with E-state index in [1.165, 1.54) is 0 Å². The molecular formula is C13H20N2O. The van der Waals surface area contributed by atoms with E-state index in [-0.39, 0.29) is 5.91 Å². The average molecular weight is 220 g/mol. The smallest absolute Gasteiger partial charge is 0.241 e. The molecule has 3 nitrogen and oxygen atoms in total. The first-order valence-corrected chi connectivity index (χ1v) is 5.68. The number of carbonyl (C=O) groups is 1. The van der Waals surface area contributed by atoms with Crippen molar-refractivity contribution in [2.24, 2.45) is 5.73 Å². The van der Waals surface area contributed by atoms with Crippen molar-refractivity contribution in [1.29, 1.82) is 0 Å². The van der Waals surface area contributed by atoms with E-state index >= 15 is 0 Å². The maximum atomic E-state index is 11.7. The number of benzene rings is 1. The van der Waals surface area contributed by atoms with Crippen molar-refractivity contribution in [3.63, 3.8) is 0 Å². The van der Waals surface area contributed by atoms with Crippen LogP contribution in [0.25, 0.3) is 0 Å². The number of rotatable bonds is 4. The van der Waals surface area contributed by atoms with Gasteiger partial charge in [0.25, 0.3) is 0 Å².